The zero-order chi connectivity index (χ0) is 31.1. The number of esters is 2. The van der Waals surface area contributed by atoms with Crippen LogP contribution in [0.1, 0.15) is 34.9 Å². The molecule has 1 aliphatic heterocycles. The van der Waals surface area contributed by atoms with Crippen LogP contribution in [-0.4, -0.2) is 31.9 Å². The summed E-state index contributed by atoms with van der Waals surface area (Å²) < 4.78 is 64.2. The van der Waals surface area contributed by atoms with Gasteiger partial charge in [-0.1, -0.05) is 42.5 Å². The first kappa shape index (κ1) is 29.6. The Kier molecular flexibility index (Phi) is 7.83. The molecule has 0 saturated carbocycles. The number of ketones is 1. The molecular weight excluding hydrogens is 568 g/mol. The fourth-order valence-electron chi connectivity index (χ4n) is 5.83. The van der Waals surface area contributed by atoms with Crippen molar-refractivity contribution >= 4 is 23.4 Å². The van der Waals surface area contributed by atoms with E-state index in [-0.39, 0.29) is 34.8 Å². The summed E-state index contributed by atoms with van der Waals surface area (Å²) in [6.45, 7) is 0. The van der Waals surface area contributed by atoms with Crippen molar-refractivity contribution in [2.24, 2.45) is 11.7 Å². The monoisotopic (exact) mass is 594 g/mol. The van der Waals surface area contributed by atoms with Crippen LogP contribution in [0.3, 0.4) is 0 Å². The fraction of sp³-hybridized carbons (Fsp3) is 0.219. The van der Waals surface area contributed by atoms with Crippen molar-refractivity contribution in [1.29, 1.82) is 0 Å². The number of allylic oxidation sites excluding steroid dienone is 2. The van der Waals surface area contributed by atoms with Crippen molar-refractivity contribution in [3.05, 3.63) is 124 Å². The number of carbonyl (C=O) groups is 3. The van der Waals surface area contributed by atoms with Crippen LogP contribution >= 0.6 is 0 Å². The number of rotatable bonds is 5. The van der Waals surface area contributed by atoms with Gasteiger partial charge in [-0.05, 0) is 53.9 Å². The second kappa shape index (κ2) is 11.4. The first-order valence-electron chi connectivity index (χ1n) is 13.2. The highest BCUT2D eigenvalue weighted by atomic mass is 19.4. The first-order chi connectivity index (χ1) is 20.5. The average molecular weight is 595 g/mol. The molecule has 0 saturated heterocycles. The van der Waals surface area contributed by atoms with E-state index in [1.807, 2.05) is 0 Å². The highest BCUT2D eigenvalue weighted by molar-refractivity contribution is 6.14. The molecule has 0 unspecified atom stereocenters. The summed E-state index contributed by atoms with van der Waals surface area (Å²) in [7, 11) is 2.27. The van der Waals surface area contributed by atoms with Crippen LogP contribution in [0.15, 0.2) is 102 Å². The van der Waals surface area contributed by atoms with Crippen molar-refractivity contribution in [3.63, 3.8) is 0 Å². The zero-order valence-electron chi connectivity index (χ0n) is 23.0. The van der Waals surface area contributed by atoms with Gasteiger partial charge in [-0.2, -0.15) is 13.2 Å². The van der Waals surface area contributed by atoms with Gasteiger partial charge in [0.25, 0.3) is 0 Å². The van der Waals surface area contributed by atoms with Gasteiger partial charge in [0.1, 0.15) is 17.6 Å². The molecule has 3 aromatic carbocycles. The Morgan fingerprint density at radius 3 is 2.07 bits per heavy atom. The van der Waals surface area contributed by atoms with Crippen LogP contribution in [0, 0.1) is 11.7 Å². The van der Waals surface area contributed by atoms with Crippen LogP contribution in [-0.2, 0) is 30.0 Å². The van der Waals surface area contributed by atoms with Crippen LogP contribution in [0.4, 0.5) is 23.2 Å². The highest BCUT2D eigenvalue weighted by Gasteiger charge is 2.51. The van der Waals surface area contributed by atoms with Gasteiger partial charge < -0.3 is 15.2 Å². The maximum Gasteiger partial charge on any atom is 0.416 e. The number of ether oxygens (including phenoxy) is 2. The van der Waals surface area contributed by atoms with E-state index in [4.69, 9.17) is 15.2 Å². The summed E-state index contributed by atoms with van der Waals surface area (Å²) in [5.74, 6) is -6.36. The molecule has 0 bridgehead atoms. The smallest absolute Gasteiger partial charge is 0.416 e. The fourth-order valence-corrected chi connectivity index (χ4v) is 5.83. The zero-order valence-corrected chi connectivity index (χ0v) is 23.0. The van der Waals surface area contributed by atoms with Gasteiger partial charge >= 0.3 is 18.1 Å². The molecular formula is C32H26F4N2O5. The second-order valence-corrected chi connectivity index (χ2v) is 10.1. The van der Waals surface area contributed by atoms with E-state index in [1.165, 1.54) is 29.2 Å². The van der Waals surface area contributed by atoms with E-state index in [1.54, 1.807) is 30.3 Å². The Morgan fingerprint density at radius 1 is 0.884 bits per heavy atom. The molecule has 0 spiro atoms. The molecule has 7 nitrogen and oxygen atoms in total. The SMILES string of the molecule is COC(=O)C1=C(N)N(c2ccc(C(F)(F)F)cc2)C2=C(C(=O)[C@@H](C(=O)OC)[C@@H](c3ccccc3)C2)[C@@H]1c1ccc(F)cc1. The summed E-state index contributed by atoms with van der Waals surface area (Å²) in [5.41, 5.74) is 6.93. The number of halogens is 4. The number of carbonyl (C=O) groups excluding carboxylic acids is 3. The van der Waals surface area contributed by atoms with E-state index >= 15 is 0 Å². The minimum Gasteiger partial charge on any atom is -0.468 e. The molecule has 5 rings (SSSR count). The summed E-state index contributed by atoms with van der Waals surface area (Å²) in [5, 5.41) is 0. The topological polar surface area (TPSA) is 98.9 Å². The molecule has 0 amide bonds. The molecule has 2 aliphatic rings. The van der Waals surface area contributed by atoms with Crippen LogP contribution in [0.2, 0.25) is 0 Å². The number of hydrogen-bond donors (Lipinski definition) is 1. The van der Waals surface area contributed by atoms with E-state index in [2.05, 4.69) is 0 Å². The number of benzene rings is 3. The summed E-state index contributed by atoms with van der Waals surface area (Å²) in [6, 6.07) is 17.9. The molecule has 1 aliphatic carbocycles. The lowest BCUT2D eigenvalue weighted by atomic mass is 9.67. The number of Topliss-reactive ketones (excluding diaryl/α,β-unsaturated/α-hetero) is 1. The molecule has 43 heavy (non-hydrogen) atoms. The lowest BCUT2D eigenvalue weighted by molar-refractivity contribution is -0.150. The van der Waals surface area contributed by atoms with Gasteiger partial charge in [-0.25, -0.2) is 9.18 Å². The van der Waals surface area contributed by atoms with E-state index < -0.39 is 53.0 Å². The molecule has 3 atom stereocenters. The lowest BCUT2D eigenvalue weighted by Crippen LogP contribution is -2.46. The average Bonchev–Trinajstić information content (AvgIpc) is 3.00. The number of nitrogens with zero attached hydrogens (tertiary/aromatic N) is 1. The Morgan fingerprint density at radius 2 is 1.51 bits per heavy atom. The lowest BCUT2D eigenvalue weighted by Gasteiger charge is -2.44. The number of nitrogens with two attached hydrogens (primary N) is 1. The van der Waals surface area contributed by atoms with Crippen molar-refractivity contribution in [2.75, 3.05) is 19.1 Å². The van der Waals surface area contributed by atoms with Gasteiger partial charge in [0.2, 0.25) is 0 Å². The molecule has 222 valence electrons. The molecule has 2 N–H and O–H groups in total. The highest BCUT2D eigenvalue weighted by Crippen LogP contribution is 2.51. The quantitative estimate of drug-likeness (QED) is 0.234. The maximum atomic E-state index is 14.5. The maximum absolute atomic E-state index is 14.5. The number of alkyl halides is 3. The van der Waals surface area contributed by atoms with Crippen LogP contribution < -0.4 is 10.6 Å². The number of hydrogen-bond acceptors (Lipinski definition) is 7. The Labute approximate surface area is 244 Å². The molecule has 0 aromatic heterocycles. The minimum absolute atomic E-state index is 0.00341. The first-order valence-corrected chi connectivity index (χ1v) is 13.2. The van der Waals surface area contributed by atoms with E-state index in [0.717, 1.165) is 38.5 Å². The van der Waals surface area contributed by atoms with Gasteiger partial charge in [-0.15, -0.1) is 0 Å². The third kappa shape index (κ3) is 5.26. The Hall–Kier alpha value is -4.93. The predicted molar refractivity (Wildman–Crippen MR) is 148 cm³/mol. The Bertz CT molecular complexity index is 1630. The van der Waals surface area contributed by atoms with E-state index in [0.29, 0.717) is 11.1 Å². The standard InChI is InChI=1S/C32H26F4N2O5/c1-42-30(40)25-22(17-6-4-3-5-7-17)16-23-26(28(25)39)24(18-8-12-20(33)13-9-18)27(31(41)43-2)29(37)38(23)21-14-10-19(11-15-21)32(34,35)36/h3-15,22,24-25H,16,37H2,1-2H3/t22-,24+,25+/m1/s1. The molecule has 0 fully saturated rings. The number of methoxy groups -OCH3 is 2. The van der Waals surface area contributed by atoms with Crippen LogP contribution in [0.25, 0.3) is 0 Å². The van der Waals surface area contributed by atoms with Crippen molar-refractivity contribution < 1.29 is 41.4 Å². The van der Waals surface area contributed by atoms with Crippen molar-refractivity contribution in [1.82, 2.24) is 0 Å². The second-order valence-electron chi connectivity index (χ2n) is 10.1. The van der Waals surface area contributed by atoms with Crippen molar-refractivity contribution in [2.45, 2.75) is 24.4 Å². The number of anilines is 1. The molecule has 0 radical (unpaired) electrons. The molecule has 11 heteroatoms. The van der Waals surface area contributed by atoms with Gasteiger partial charge in [-0.3, -0.25) is 14.5 Å². The molecule has 1 heterocycles. The third-order valence-corrected chi connectivity index (χ3v) is 7.78. The summed E-state index contributed by atoms with van der Waals surface area (Å²) in [6.07, 6.45) is -4.58. The molecule has 3 aromatic rings. The summed E-state index contributed by atoms with van der Waals surface area (Å²) >= 11 is 0. The minimum atomic E-state index is -4.61. The third-order valence-electron chi connectivity index (χ3n) is 7.78. The predicted octanol–water partition coefficient (Wildman–Crippen LogP) is 5.59. The van der Waals surface area contributed by atoms with Crippen LogP contribution in [0.5, 0.6) is 0 Å². The van der Waals surface area contributed by atoms with Gasteiger partial charge in [0.05, 0.1) is 31.3 Å². The van der Waals surface area contributed by atoms with Gasteiger partial charge in [0.15, 0.2) is 5.78 Å². The largest absolute Gasteiger partial charge is 0.468 e. The van der Waals surface area contributed by atoms with Crippen molar-refractivity contribution in [3.8, 4) is 0 Å². The summed E-state index contributed by atoms with van der Waals surface area (Å²) in [4.78, 5) is 42.3. The van der Waals surface area contributed by atoms with Gasteiger partial charge in [0, 0.05) is 22.9 Å². The van der Waals surface area contributed by atoms with E-state index in [9.17, 15) is 31.9 Å². The Balaban J connectivity index is 1.81. The normalized spacial score (nSPS) is 20.6.